The molecule has 3 atom stereocenters. The van der Waals surface area contributed by atoms with Crippen LogP contribution < -0.4 is 10.2 Å². The fourth-order valence-corrected chi connectivity index (χ4v) is 3.85. The van der Waals surface area contributed by atoms with Crippen molar-refractivity contribution in [3.05, 3.63) is 23.9 Å². The summed E-state index contributed by atoms with van der Waals surface area (Å²) in [6.07, 6.45) is -2.06. The first-order chi connectivity index (χ1) is 10.8. The van der Waals surface area contributed by atoms with Crippen molar-refractivity contribution in [3.63, 3.8) is 0 Å². The highest BCUT2D eigenvalue weighted by Crippen LogP contribution is 2.40. The summed E-state index contributed by atoms with van der Waals surface area (Å²) < 4.78 is 38.5. The average Bonchev–Trinajstić information content (AvgIpc) is 3.05. The molecule has 0 bridgehead atoms. The highest BCUT2D eigenvalue weighted by molar-refractivity contribution is 5.42. The summed E-state index contributed by atoms with van der Waals surface area (Å²) in [5.41, 5.74) is -0.804. The first kappa shape index (κ1) is 16.6. The number of nitrogens with one attached hydrogen (secondary N) is 1. The van der Waals surface area contributed by atoms with Crippen LogP contribution in [0.5, 0.6) is 0 Å². The molecule has 3 rings (SSSR count). The largest absolute Gasteiger partial charge is 0.433 e. The van der Waals surface area contributed by atoms with E-state index < -0.39 is 11.9 Å². The second kappa shape index (κ2) is 6.30. The Morgan fingerprint density at radius 1 is 1.26 bits per heavy atom. The Morgan fingerprint density at radius 3 is 2.74 bits per heavy atom. The summed E-state index contributed by atoms with van der Waals surface area (Å²) in [6, 6.07) is 4.66. The van der Waals surface area contributed by atoms with Crippen molar-refractivity contribution < 1.29 is 13.2 Å². The van der Waals surface area contributed by atoms with Crippen LogP contribution in [0.15, 0.2) is 18.2 Å². The minimum atomic E-state index is -4.38. The molecule has 3 unspecified atom stereocenters. The van der Waals surface area contributed by atoms with Gasteiger partial charge in [-0.3, -0.25) is 0 Å². The first-order valence-corrected chi connectivity index (χ1v) is 8.37. The highest BCUT2D eigenvalue weighted by Gasteiger charge is 2.43. The quantitative estimate of drug-likeness (QED) is 0.916. The van der Waals surface area contributed by atoms with E-state index in [1.165, 1.54) is 12.5 Å². The molecule has 2 heterocycles. The van der Waals surface area contributed by atoms with Crippen molar-refractivity contribution in [1.82, 2.24) is 10.3 Å². The van der Waals surface area contributed by atoms with Gasteiger partial charge in [0, 0.05) is 19.1 Å². The molecule has 0 radical (unpaired) electrons. The minimum absolute atomic E-state index is 0.455. The summed E-state index contributed by atoms with van der Waals surface area (Å²) >= 11 is 0. The normalized spacial score (nSPS) is 27.7. The van der Waals surface area contributed by atoms with Crippen LogP contribution in [0.25, 0.3) is 0 Å². The second-order valence-corrected chi connectivity index (χ2v) is 7.19. The number of fused-ring (bicyclic) bond motifs is 1. The third-order valence-corrected chi connectivity index (χ3v) is 4.99. The standard InChI is InChI=1S/C17H24F3N3/c1-11(2)8-21-14-7-6-12-9-23(10-13(12)14)16-5-3-4-15(22-16)17(18,19)20/h3-5,11-14,21H,6-10H2,1-2H3. The maximum Gasteiger partial charge on any atom is 0.433 e. The summed E-state index contributed by atoms with van der Waals surface area (Å²) in [5, 5.41) is 3.63. The average molecular weight is 327 g/mol. The number of hydrogen-bond acceptors (Lipinski definition) is 3. The van der Waals surface area contributed by atoms with Crippen molar-refractivity contribution >= 4 is 5.82 Å². The smallest absolute Gasteiger partial charge is 0.356 e. The van der Waals surface area contributed by atoms with E-state index in [0.29, 0.717) is 29.6 Å². The molecule has 1 aliphatic heterocycles. The molecule has 1 N–H and O–H groups in total. The molecule has 1 aromatic heterocycles. The molecule has 2 aliphatic rings. The lowest BCUT2D eigenvalue weighted by molar-refractivity contribution is -0.141. The van der Waals surface area contributed by atoms with Gasteiger partial charge in [-0.05, 0) is 49.3 Å². The number of pyridine rings is 1. The van der Waals surface area contributed by atoms with Crippen LogP contribution in [0.4, 0.5) is 19.0 Å². The van der Waals surface area contributed by atoms with Gasteiger partial charge in [-0.25, -0.2) is 4.98 Å². The van der Waals surface area contributed by atoms with Crippen molar-refractivity contribution in [3.8, 4) is 0 Å². The van der Waals surface area contributed by atoms with Gasteiger partial charge in [0.15, 0.2) is 0 Å². The number of aromatic nitrogens is 1. The molecule has 2 fully saturated rings. The van der Waals surface area contributed by atoms with Crippen LogP contribution in [0.2, 0.25) is 0 Å². The number of hydrogen-bond donors (Lipinski definition) is 1. The van der Waals surface area contributed by atoms with Crippen LogP contribution in [0.3, 0.4) is 0 Å². The van der Waals surface area contributed by atoms with Crippen LogP contribution in [-0.4, -0.2) is 30.7 Å². The van der Waals surface area contributed by atoms with Gasteiger partial charge in [-0.15, -0.1) is 0 Å². The van der Waals surface area contributed by atoms with Crippen LogP contribution in [0.1, 0.15) is 32.4 Å². The van der Waals surface area contributed by atoms with Gasteiger partial charge in [0.1, 0.15) is 11.5 Å². The first-order valence-electron chi connectivity index (χ1n) is 8.37. The third-order valence-electron chi connectivity index (χ3n) is 4.99. The predicted octanol–water partition coefficient (Wildman–Crippen LogP) is 3.56. The molecule has 3 nitrogen and oxygen atoms in total. The van der Waals surface area contributed by atoms with Gasteiger partial charge >= 0.3 is 6.18 Å². The highest BCUT2D eigenvalue weighted by atomic mass is 19.4. The van der Waals surface area contributed by atoms with E-state index in [-0.39, 0.29) is 0 Å². The van der Waals surface area contributed by atoms with E-state index >= 15 is 0 Å². The van der Waals surface area contributed by atoms with Crippen LogP contribution in [-0.2, 0) is 6.18 Å². The molecule has 1 aliphatic carbocycles. The summed E-state index contributed by atoms with van der Waals surface area (Å²) in [6.45, 7) is 6.99. The Labute approximate surface area is 135 Å². The predicted molar refractivity (Wildman–Crippen MR) is 84.3 cm³/mol. The van der Waals surface area contributed by atoms with Gasteiger partial charge in [-0.2, -0.15) is 13.2 Å². The van der Waals surface area contributed by atoms with E-state index in [1.54, 1.807) is 6.07 Å². The van der Waals surface area contributed by atoms with E-state index in [1.807, 2.05) is 4.90 Å². The molecule has 1 saturated carbocycles. The van der Waals surface area contributed by atoms with Gasteiger partial charge in [-0.1, -0.05) is 19.9 Å². The third kappa shape index (κ3) is 3.62. The van der Waals surface area contributed by atoms with Crippen LogP contribution in [0, 0.1) is 17.8 Å². The van der Waals surface area contributed by atoms with E-state index in [0.717, 1.165) is 32.1 Å². The second-order valence-electron chi connectivity index (χ2n) is 7.19. The zero-order chi connectivity index (χ0) is 16.6. The Kier molecular flexibility index (Phi) is 4.54. The Morgan fingerprint density at radius 2 is 2.04 bits per heavy atom. The van der Waals surface area contributed by atoms with E-state index in [4.69, 9.17) is 0 Å². The molecular formula is C17H24F3N3. The monoisotopic (exact) mass is 327 g/mol. The molecule has 0 spiro atoms. The molecule has 1 aromatic rings. The van der Waals surface area contributed by atoms with E-state index in [2.05, 4.69) is 24.1 Å². The molecule has 128 valence electrons. The van der Waals surface area contributed by atoms with Gasteiger partial charge in [0.25, 0.3) is 0 Å². The van der Waals surface area contributed by atoms with Gasteiger partial charge in [0.05, 0.1) is 0 Å². The number of halogens is 3. The van der Waals surface area contributed by atoms with Crippen molar-refractivity contribution in [2.24, 2.45) is 17.8 Å². The lowest BCUT2D eigenvalue weighted by atomic mass is 9.97. The lowest BCUT2D eigenvalue weighted by Gasteiger charge is -2.23. The number of rotatable bonds is 4. The summed E-state index contributed by atoms with van der Waals surface area (Å²) in [5.74, 6) is 2.15. The van der Waals surface area contributed by atoms with Gasteiger partial charge in [0.2, 0.25) is 0 Å². The van der Waals surface area contributed by atoms with Crippen molar-refractivity contribution in [2.45, 2.75) is 38.9 Å². The maximum absolute atomic E-state index is 12.8. The molecule has 6 heteroatoms. The molecule has 1 saturated heterocycles. The molecule has 23 heavy (non-hydrogen) atoms. The van der Waals surface area contributed by atoms with Crippen LogP contribution >= 0.6 is 0 Å². The topological polar surface area (TPSA) is 28.2 Å². The number of nitrogens with zero attached hydrogens (tertiary/aromatic N) is 2. The van der Waals surface area contributed by atoms with E-state index in [9.17, 15) is 13.2 Å². The number of anilines is 1. The summed E-state index contributed by atoms with van der Waals surface area (Å²) in [4.78, 5) is 5.85. The zero-order valence-electron chi connectivity index (χ0n) is 13.6. The maximum atomic E-state index is 12.8. The number of alkyl halides is 3. The lowest BCUT2D eigenvalue weighted by Crippen LogP contribution is -2.37. The fraction of sp³-hybridized carbons (Fsp3) is 0.706. The molecule has 0 amide bonds. The Balaban J connectivity index is 1.68. The fourth-order valence-electron chi connectivity index (χ4n) is 3.85. The molecule has 0 aromatic carbocycles. The molecular weight excluding hydrogens is 303 g/mol. The van der Waals surface area contributed by atoms with Crippen molar-refractivity contribution in [2.75, 3.05) is 24.5 Å². The van der Waals surface area contributed by atoms with Gasteiger partial charge < -0.3 is 10.2 Å². The Hall–Kier alpha value is -1.30. The minimum Gasteiger partial charge on any atom is -0.356 e. The van der Waals surface area contributed by atoms with Crippen molar-refractivity contribution in [1.29, 1.82) is 0 Å². The summed E-state index contributed by atoms with van der Waals surface area (Å²) in [7, 11) is 0. The zero-order valence-corrected chi connectivity index (χ0v) is 13.6. The SMILES string of the molecule is CC(C)CNC1CCC2CN(c3cccc(C(F)(F)F)n3)CC21. The Bertz CT molecular complexity index is 544.